The average molecular weight is 280 g/mol. The number of rotatable bonds is 4. The maximum atomic E-state index is 11.4. The molecule has 1 N–H and O–H groups in total. The summed E-state index contributed by atoms with van der Waals surface area (Å²) in [5.74, 6) is -0.541. The lowest BCUT2D eigenvalue weighted by Gasteiger charge is -1.97. The van der Waals surface area contributed by atoms with Crippen LogP contribution in [-0.2, 0) is 14.3 Å². The van der Waals surface area contributed by atoms with Crippen LogP contribution in [0.25, 0.3) is 11.0 Å². The number of esters is 2. The predicted octanol–water partition coefficient (Wildman–Crippen LogP) is 1.61. The number of methoxy groups -OCH3 is 2. The van der Waals surface area contributed by atoms with Gasteiger partial charge in [0.15, 0.2) is 5.16 Å². The van der Waals surface area contributed by atoms with E-state index in [2.05, 4.69) is 19.4 Å². The Morgan fingerprint density at radius 3 is 2.79 bits per heavy atom. The van der Waals surface area contributed by atoms with Crippen LogP contribution in [-0.4, -0.2) is 41.9 Å². The second kappa shape index (κ2) is 5.75. The van der Waals surface area contributed by atoms with Gasteiger partial charge in [0.25, 0.3) is 0 Å². The molecule has 0 unspecified atom stereocenters. The maximum Gasteiger partial charge on any atom is 0.337 e. The molecule has 0 aliphatic carbocycles. The van der Waals surface area contributed by atoms with Crippen LogP contribution in [0.5, 0.6) is 0 Å². The van der Waals surface area contributed by atoms with E-state index in [9.17, 15) is 9.59 Å². The number of carbonyl (C=O) groups excluding carboxylic acids is 2. The summed E-state index contributed by atoms with van der Waals surface area (Å²) in [5, 5.41) is 0.599. The van der Waals surface area contributed by atoms with E-state index in [1.165, 1.54) is 26.0 Å². The van der Waals surface area contributed by atoms with Crippen molar-refractivity contribution in [1.29, 1.82) is 0 Å². The Bertz CT molecular complexity index is 623. The van der Waals surface area contributed by atoms with Gasteiger partial charge in [0.2, 0.25) is 0 Å². The van der Waals surface area contributed by atoms with Crippen LogP contribution in [0.3, 0.4) is 0 Å². The molecule has 0 aliphatic heterocycles. The fraction of sp³-hybridized carbons (Fsp3) is 0.250. The van der Waals surface area contributed by atoms with Crippen LogP contribution in [0.2, 0.25) is 0 Å². The molecule has 0 aliphatic rings. The van der Waals surface area contributed by atoms with E-state index in [1.807, 2.05) is 0 Å². The quantitative estimate of drug-likeness (QED) is 0.677. The van der Waals surface area contributed by atoms with Crippen molar-refractivity contribution >= 4 is 34.7 Å². The molecule has 0 bridgehead atoms. The summed E-state index contributed by atoms with van der Waals surface area (Å²) in [4.78, 5) is 29.8. The Hall–Kier alpha value is -2.02. The van der Waals surface area contributed by atoms with Crippen molar-refractivity contribution in [3.8, 4) is 0 Å². The van der Waals surface area contributed by atoms with E-state index in [1.54, 1.807) is 18.2 Å². The number of hydrogen-bond donors (Lipinski definition) is 1. The van der Waals surface area contributed by atoms with Crippen LogP contribution in [0.4, 0.5) is 0 Å². The van der Waals surface area contributed by atoms with Crippen molar-refractivity contribution in [3.05, 3.63) is 23.8 Å². The third-order valence-electron chi connectivity index (χ3n) is 2.44. The molecule has 0 radical (unpaired) electrons. The lowest BCUT2D eigenvalue weighted by atomic mass is 10.2. The van der Waals surface area contributed by atoms with E-state index in [4.69, 9.17) is 0 Å². The predicted molar refractivity (Wildman–Crippen MR) is 70.2 cm³/mol. The normalized spacial score (nSPS) is 10.4. The van der Waals surface area contributed by atoms with Gasteiger partial charge in [0.05, 0.1) is 36.6 Å². The highest BCUT2D eigenvalue weighted by Crippen LogP contribution is 2.20. The number of benzene rings is 1. The Kier molecular flexibility index (Phi) is 4.06. The minimum absolute atomic E-state index is 0.181. The van der Waals surface area contributed by atoms with Crippen molar-refractivity contribution in [2.45, 2.75) is 5.16 Å². The lowest BCUT2D eigenvalue weighted by molar-refractivity contribution is -0.137. The highest BCUT2D eigenvalue weighted by molar-refractivity contribution is 7.99. The topological polar surface area (TPSA) is 81.3 Å². The number of fused-ring (bicyclic) bond motifs is 1. The lowest BCUT2D eigenvalue weighted by Crippen LogP contribution is -2.02. The summed E-state index contributed by atoms with van der Waals surface area (Å²) < 4.78 is 9.19. The van der Waals surface area contributed by atoms with Crippen LogP contribution in [0, 0.1) is 0 Å². The molecular weight excluding hydrogens is 268 g/mol. The van der Waals surface area contributed by atoms with Crippen molar-refractivity contribution < 1.29 is 19.1 Å². The summed E-state index contributed by atoms with van der Waals surface area (Å²) in [6, 6.07) is 5.03. The number of hydrogen-bond acceptors (Lipinski definition) is 6. The number of ether oxygens (including phenoxy) is 2. The fourth-order valence-electron chi connectivity index (χ4n) is 1.49. The summed E-state index contributed by atoms with van der Waals surface area (Å²) in [5.41, 5.74) is 1.89. The highest BCUT2D eigenvalue weighted by Gasteiger charge is 2.10. The second-order valence-corrected chi connectivity index (χ2v) is 4.59. The number of thioether (sulfide) groups is 1. The van der Waals surface area contributed by atoms with E-state index in [0.717, 1.165) is 11.0 Å². The molecule has 6 nitrogen and oxygen atoms in total. The average Bonchev–Trinajstić information content (AvgIpc) is 2.85. The largest absolute Gasteiger partial charge is 0.468 e. The number of nitrogens with one attached hydrogen (secondary N) is 1. The van der Waals surface area contributed by atoms with Gasteiger partial charge < -0.3 is 14.5 Å². The summed E-state index contributed by atoms with van der Waals surface area (Å²) in [6.07, 6.45) is 0. The number of nitrogens with zero attached hydrogens (tertiary/aromatic N) is 1. The van der Waals surface area contributed by atoms with Crippen molar-refractivity contribution in [2.24, 2.45) is 0 Å². The first-order chi connectivity index (χ1) is 9.13. The molecule has 2 rings (SSSR count). The first-order valence-electron chi connectivity index (χ1n) is 5.41. The molecule has 2 aromatic rings. The summed E-state index contributed by atoms with van der Waals surface area (Å²) in [7, 11) is 2.67. The minimum atomic E-state index is -0.403. The van der Waals surface area contributed by atoms with Crippen molar-refractivity contribution in [1.82, 2.24) is 9.97 Å². The maximum absolute atomic E-state index is 11.4. The summed E-state index contributed by atoms with van der Waals surface area (Å²) in [6.45, 7) is 0. The van der Waals surface area contributed by atoms with Crippen LogP contribution >= 0.6 is 11.8 Å². The smallest absolute Gasteiger partial charge is 0.337 e. The van der Waals surface area contributed by atoms with Gasteiger partial charge >= 0.3 is 11.9 Å². The van der Waals surface area contributed by atoms with Gasteiger partial charge in [0.1, 0.15) is 0 Å². The van der Waals surface area contributed by atoms with Crippen LogP contribution in [0.1, 0.15) is 10.4 Å². The Labute approximate surface area is 113 Å². The molecule has 0 amide bonds. The van der Waals surface area contributed by atoms with Gasteiger partial charge in [0, 0.05) is 0 Å². The monoisotopic (exact) mass is 280 g/mol. The second-order valence-electron chi connectivity index (χ2n) is 3.63. The molecule has 0 fully saturated rings. The zero-order valence-corrected chi connectivity index (χ0v) is 11.2. The van der Waals surface area contributed by atoms with Gasteiger partial charge in [-0.2, -0.15) is 0 Å². The van der Waals surface area contributed by atoms with Gasteiger partial charge in [-0.15, -0.1) is 0 Å². The van der Waals surface area contributed by atoms with E-state index in [0.29, 0.717) is 10.7 Å². The SMILES string of the molecule is COC(=O)CSc1nc2ccc(C(=O)OC)cc2[nH]1. The molecule has 7 heteroatoms. The van der Waals surface area contributed by atoms with Crippen LogP contribution < -0.4 is 0 Å². The van der Waals surface area contributed by atoms with Gasteiger partial charge in [-0.25, -0.2) is 9.78 Å². The van der Waals surface area contributed by atoms with Gasteiger partial charge in [-0.1, -0.05) is 11.8 Å². The fourth-order valence-corrected chi connectivity index (χ4v) is 2.20. The molecule has 0 spiro atoms. The number of aromatic nitrogens is 2. The molecule has 1 aromatic heterocycles. The molecule has 100 valence electrons. The zero-order valence-electron chi connectivity index (χ0n) is 10.4. The highest BCUT2D eigenvalue weighted by atomic mass is 32.2. The number of carbonyl (C=O) groups is 2. The molecule has 0 atom stereocenters. The number of imidazole rings is 1. The molecular formula is C12H12N2O4S. The first kappa shape index (κ1) is 13.4. The van der Waals surface area contributed by atoms with E-state index < -0.39 is 5.97 Å². The molecule has 0 saturated carbocycles. The minimum Gasteiger partial charge on any atom is -0.468 e. The molecule has 0 saturated heterocycles. The third kappa shape index (κ3) is 3.05. The number of H-pyrrole nitrogens is 1. The first-order valence-corrected chi connectivity index (χ1v) is 6.40. The molecule has 19 heavy (non-hydrogen) atoms. The number of aromatic amines is 1. The Balaban J connectivity index is 2.20. The Morgan fingerprint density at radius 1 is 1.32 bits per heavy atom. The molecule has 1 heterocycles. The standard InChI is InChI=1S/C12H12N2O4S/c1-17-10(15)6-19-12-13-8-4-3-7(11(16)18-2)5-9(8)14-12/h3-5H,6H2,1-2H3,(H,13,14). The zero-order chi connectivity index (χ0) is 13.8. The van der Waals surface area contributed by atoms with E-state index in [-0.39, 0.29) is 11.7 Å². The third-order valence-corrected chi connectivity index (χ3v) is 3.28. The summed E-state index contributed by atoms with van der Waals surface area (Å²) >= 11 is 1.24. The van der Waals surface area contributed by atoms with Gasteiger partial charge in [-0.05, 0) is 18.2 Å². The van der Waals surface area contributed by atoms with Crippen molar-refractivity contribution in [2.75, 3.05) is 20.0 Å². The van der Waals surface area contributed by atoms with Crippen molar-refractivity contribution in [3.63, 3.8) is 0 Å². The van der Waals surface area contributed by atoms with E-state index >= 15 is 0 Å². The van der Waals surface area contributed by atoms with Crippen LogP contribution in [0.15, 0.2) is 23.4 Å². The molecule has 1 aromatic carbocycles. The Morgan fingerprint density at radius 2 is 2.11 bits per heavy atom. The van der Waals surface area contributed by atoms with Gasteiger partial charge in [-0.3, -0.25) is 4.79 Å².